The highest BCUT2D eigenvalue weighted by atomic mass is 32.1. The molecular weight excluding hydrogens is 250 g/mol. The smallest absolute Gasteiger partial charge is 0.351 e. The topological polar surface area (TPSA) is 64.1 Å². The highest BCUT2D eigenvalue weighted by Crippen LogP contribution is 2.33. The zero-order chi connectivity index (χ0) is 13.3. The van der Waals surface area contributed by atoms with Crippen molar-refractivity contribution in [1.29, 1.82) is 0 Å². The maximum atomic E-state index is 12.1. The lowest BCUT2D eigenvalue weighted by atomic mass is 10.2. The maximum Gasteiger partial charge on any atom is 0.351 e. The summed E-state index contributed by atoms with van der Waals surface area (Å²) in [5.41, 5.74) is 0.863. The van der Waals surface area contributed by atoms with Crippen molar-refractivity contribution in [1.82, 2.24) is 9.97 Å². The predicted molar refractivity (Wildman–Crippen MR) is 72.1 cm³/mol. The molecule has 0 saturated heterocycles. The largest absolute Gasteiger partial charge is 0.456 e. The molecule has 5 nitrogen and oxygen atoms in total. The summed E-state index contributed by atoms with van der Waals surface area (Å²) in [6, 6.07) is 0. The first-order valence-electron chi connectivity index (χ1n) is 5.57. The summed E-state index contributed by atoms with van der Waals surface area (Å²) in [6.45, 7) is 5.52. The van der Waals surface area contributed by atoms with Gasteiger partial charge in [0, 0.05) is 19.4 Å². The van der Waals surface area contributed by atoms with Gasteiger partial charge in [-0.15, -0.1) is 11.3 Å². The Morgan fingerprint density at radius 1 is 1.33 bits per heavy atom. The van der Waals surface area contributed by atoms with E-state index in [2.05, 4.69) is 15.3 Å². The zero-order valence-corrected chi connectivity index (χ0v) is 11.6. The standard InChI is InChI=1S/C12H15N3O2S/c1-12(2,3)17-11(16)9-7(13-4)8-10(18-9)15-6-5-14-8/h5-6,13H,1-4H3. The number of aromatic nitrogens is 2. The van der Waals surface area contributed by atoms with Crippen LogP contribution in [-0.2, 0) is 4.74 Å². The number of nitrogens with one attached hydrogen (secondary N) is 1. The molecule has 96 valence electrons. The molecule has 2 aromatic heterocycles. The maximum absolute atomic E-state index is 12.1. The van der Waals surface area contributed by atoms with E-state index in [1.54, 1.807) is 19.4 Å². The van der Waals surface area contributed by atoms with Gasteiger partial charge in [0.25, 0.3) is 0 Å². The molecule has 18 heavy (non-hydrogen) atoms. The van der Waals surface area contributed by atoms with Gasteiger partial charge in [0.2, 0.25) is 0 Å². The molecular formula is C12H15N3O2S. The molecule has 0 radical (unpaired) electrons. The average molecular weight is 265 g/mol. The van der Waals surface area contributed by atoms with Crippen molar-refractivity contribution < 1.29 is 9.53 Å². The molecule has 0 aliphatic heterocycles. The number of rotatable bonds is 2. The van der Waals surface area contributed by atoms with E-state index in [4.69, 9.17) is 4.74 Å². The molecule has 6 heteroatoms. The zero-order valence-electron chi connectivity index (χ0n) is 10.8. The minimum absolute atomic E-state index is 0.350. The van der Waals surface area contributed by atoms with Crippen LogP contribution in [0.3, 0.4) is 0 Å². The van der Waals surface area contributed by atoms with Crippen LogP contribution in [0.25, 0.3) is 10.3 Å². The Hall–Kier alpha value is -1.69. The second-order valence-electron chi connectivity index (χ2n) is 4.77. The number of esters is 1. The van der Waals surface area contributed by atoms with Gasteiger partial charge >= 0.3 is 5.97 Å². The fraction of sp³-hybridized carbons (Fsp3) is 0.417. The van der Waals surface area contributed by atoms with Gasteiger partial charge in [-0.3, -0.25) is 0 Å². The lowest BCUT2D eigenvalue weighted by molar-refractivity contribution is 0.00763. The molecule has 1 N–H and O–H groups in total. The summed E-state index contributed by atoms with van der Waals surface area (Å²) in [7, 11) is 1.75. The van der Waals surface area contributed by atoms with Gasteiger partial charge in [-0.25, -0.2) is 14.8 Å². The van der Waals surface area contributed by atoms with Gasteiger partial charge in [0.15, 0.2) is 0 Å². The molecule has 0 bridgehead atoms. The Morgan fingerprint density at radius 2 is 2.00 bits per heavy atom. The van der Waals surface area contributed by atoms with Crippen LogP contribution in [0.4, 0.5) is 5.69 Å². The van der Waals surface area contributed by atoms with Gasteiger partial charge < -0.3 is 10.1 Å². The molecule has 2 heterocycles. The van der Waals surface area contributed by atoms with Crippen molar-refractivity contribution in [2.75, 3.05) is 12.4 Å². The fourth-order valence-electron chi connectivity index (χ4n) is 1.53. The van der Waals surface area contributed by atoms with Crippen LogP contribution in [0.2, 0.25) is 0 Å². The normalized spacial score (nSPS) is 11.6. The minimum Gasteiger partial charge on any atom is -0.456 e. The Kier molecular flexibility index (Phi) is 3.21. The Morgan fingerprint density at radius 3 is 2.61 bits per heavy atom. The Labute approximate surface area is 109 Å². The average Bonchev–Trinajstić information content (AvgIpc) is 2.65. The van der Waals surface area contributed by atoms with Crippen LogP contribution < -0.4 is 5.32 Å². The van der Waals surface area contributed by atoms with E-state index in [9.17, 15) is 4.79 Å². The number of carbonyl (C=O) groups excluding carboxylic acids is 1. The number of ether oxygens (including phenoxy) is 1. The summed E-state index contributed by atoms with van der Waals surface area (Å²) in [5.74, 6) is -0.350. The van der Waals surface area contributed by atoms with Crippen LogP contribution in [-0.4, -0.2) is 28.6 Å². The molecule has 0 amide bonds. The number of hydrogen-bond donors (Lipinski definition) is 1. The summed E-state index contributed by atoms with van der Waals surface area (Å²) in [6.07, 6.45) is 3.21. The van der Waals surface area contributed by atoms with Crippen molar-refractivity contribution in [2.24, 2.45) is 0 Å². The van der Waals surface area contributed by atoms with Crippen molar-refractivity contribution in [3.05, 3.63) is 17.3 Å². The van der Waals surface area contributed by atoms with Crippen LogP contribution in [0, 0.1) is 0 Å². The van der Waals surface area contributed by atoms with E-state index >= 15 is 0 Å². The Balaban J connectivity index is 2.47. The highest BCUT2D eigenvalue weighted by molar-refractivity contribution is 7.21. The summed E-state index contributed by atoms with van der Waals surface area (Å²) in [4.78, 5) is 21.8. The highest BCUT2D eigenvalue weighted by Gasteiger charge is 2.24. The van der Waals surface area contributed by atoms with Crippen molar-refractivity contribution in [3.63, 3.8) is 0 Å². The lowest BCUT2D eigenvalue weighted by Gasteiger charge is -2.19. The number of nitrogens with zero attached hydrogens (tertiary/aromatic N) is 2. The molecule has 0 atom stereocenters. The van der Waals surface area contributed by atoms with Gasteiger partial charge in [-0.2, -0.15) is 0 Å². The van der Waals surface area contributed by atoms with Crippen LogP contribution >= 0.6 is 11.3 Å². The van der Waals surface area contributed by atoms with Gasteiger partial charge in [0.1, 0.15) is 20.8 Å². The number of fused-ring (bicyclic) bond motifs is 1. The molecule has 2 aromatic rings. The second kappa shape index (κ2) is 4.53. The molecule has 0 unspecified atom stereocenters. The molecule has 0 spiro atoms. The summed E-state index contributed by atoms with van der Waals surface area (Å²) >= 11 is 1.29. The van der Waals surface area contributed by atoms with Crippen molar-refractivity contribution in [3.8, 4) is 0 Å². The molecule has 2 rings (SSSR count). The number of anilines is 1. The van der Waals surface area contributed by atoms with Gasteiger partial charge in [0.05, 0.1) is 5.69 Å². The third-order valence-electron chi connectivity index (χ3n) is 2.16. The monoisotopic (exact) mass is 265 g/mol. The molecule has 0 fully saturated rings. The van der Waals surface area contributed by atoms with Gasteiger partial charge in [-0.05, 0) is 20.8 Å². The third-order valence-corrected chi connectivity index (χ3v) is 3.23. The fourth-order valence-corrected chi connectivity index (χ4v) is 2.51. The van der Waals surface area contributed by atoms with Crippen molar-refractivity contribution in [2.45, 2.75) is 26.4 Å². The SMILES string of the molecule is CNc1c(C(=O)OC(C)(C)C)sc2nccnc12. The molecule has 0 aliphatic carbocycles. The lowest BCUT2D eigenvalue weighted by Crippen LogP contribution is -2.23. The Bertz CT molecular complexity index is 587. The first-order chi connectivity index (χ1) is 8.42. The van der Waals surface area contributed by atoms with E-state index in [1.807, 2.05) is 20.8 Å². The minimum atomic E-state index is -0.515. The first kappa shape index (κ1) is 12.8. The van der Waals surface area contributed by atoms with E-state index in [1.165, 1.54) is 11.3 Å². The van der Waals surface area contributed by atoms with Crippen LogP contribution in [0.5, 0.6) is 0 Å². The summed E-state index contributed by atoms with van der Waals surface area (Å²) < 4.78 is 5.37. The second-order valence-corrected chi connectivity index (χ2v) is 5.77. The van der Waals surface area contributed by atoms with E-state index in [-0.39, 0.29) is 5.97 Å². The number of hydrogen-bond acceptors (Lipinski definition) is 6. The van der Waals surface area contributed by atoms with Crippen molar-refractivity contribution >= 4 is 33.3 Å². The van der Waals surface area contributed by atoms with E-state index in [0.29, 0.717) is 16.1 Å². The molecule has 0 aromatic carbocycles. The first-order valence-corrected chi connectivity index (χ1v) is 6.38. The number of thiophene rings is 1. The predicted octanol–water partition coefficient (Wildman–Crippen LogP) is 2.69. The van der Waals surface area contributed by atoms with Crippen LogP contribution in [0.15, 0.2) is 12.4 Å². The van der Waals surface area contributed by atoms with E-state index in [0.717, 1.165) is 4.83 Å². The molecule has 0 aliphatic rings. The summed E-state index contributed by atoms with van der Waals surface area (Å²) in [5, 5.41) is 2.99. The third kappa shape index (κ3) is 2.43. The van der Waals surface area contributed by atoms with Gasteiger partial charge in [-0.1, -0.05) is 0 Å². The number of carbonyl (C=O) groups is 1. The van der Waals surface area contributed by atoms with Crippen LogP contribution in [0.1, 0.15) is 30.4 Å². The quantitative estimate of drug-likeness (QED) is 0.846. The van der Waals surface area contributed by atoms with E-state index < -0.39 is 5.60 Å². The molecule has 0 saturated carbocycles.